The Labute approximate surface area is 126 Å². The summed E-state index contributed by atoms with van der Waals surface area (Å²) in [6.07, 6.45) is -0.625. The second kappa shape index (κ2) is 8.45. The van der Waals surface area contributed by atoms with Crippen LogP contribution >= 0.6 is 0 Å². The van der Waals surface area contributed by atoms with E-state index >= 15 is 0 Å². The summed E-state index contributed by atoms with van der Waals surface area (Å²) < 4.78 is 36.4. The Hall–Kier alpha value is -0.990. The number of benzene rings is 1. The lowest BCUT2D eigenvalue weighted by atomic mass is 10.1. The SMILES string of the molecule is COCCN(CCOC)S(=O)(=O)c1ccc(C(C)O)cc1. The molecule has 7 heteroatoms. The molecule has 1 aromatic rings. The van der Waals surface area contributed by atoms with E-state index in [1.807, 2.05) is 0 Å². The normalized spacial score (nSPS) is 13.6. The number of methoxy groups -OCH3 is 2. The van der Waals surface area contributed by atoms with Crippen LogP contribution in [0.1, 0.15) is 18.6 Å². The molecule has 0 saturated carbocycles. The summed E-state index contributed by atoms with van der Waals surface area (Å²) in [5.74, 6) is 0. The zero-order valence-corrected chi connectivity index (χ0v) is 13.5. The molecule has 120 valence electrons. The Morgan fingerprint density at radius 3 is 1.95 bits per heavy atom. The van der Waals surface area contributed by atoms with Gasteiger partial charge in [0.05, 0.1) is 24.2 Å². The monoisotopic (exact) mass is 317 g/mol. The Bertz CT molecular complexity index is 505. The second-order valence-electron chi connectivity index (χ2n) is 4.63. The van der Waals surface area contributed by atoms with E-state index in [-0.39, 0.29) is 18.0 Å². The number of sulfonamides is 1. The molecular formula is C14H23NO5S. The molecular weight excluding hydrogens is 294 g/mol. The Morgan fingerprint density at radius 1 is 1.10 bits per heavy atom. The first kappa shape index (κ1) is 18.1. The van der Waals surface area contributed by atoms with Crippen molar-refractivity contribution in [2.75, 3.05) is 40.5 Å². The highest BCUT2D eigenvalue weighted by atomic mass is 32.2. The van der Waals surface area contributed by atoms with Crippen molar-refractivity contribution in [1.29, 1.82) is 0 Å². The van der Waals surface area contributed by atoms with Crippen LogP contribution in [0.2, 0.25) is 0 Å². The van der Waals surface area contributed by atoms with Gasteiger partial charge in [0, 0.05) is 27.3 Å². The third-order valence-electron chi connectivity index (χ3n) is 3.09. The molecule has 0 bridgehead atoms. The molecule has 0 aliphatic rings. The van der Waals surface area contributed by atoms with E-state index in [0.717, 1.165) is 0 Å². The topological polar surface area (TPSA) is 76.1 Å². The van der Waals surface area contributed by atoms with Crippen molar-refractivity contribution >= 4 is 10.0 Å². The summed E-state index contributed by atoms with van der Waals surface area (Å²) in [6, 6.07) is 6.23. The molecule has 0 spiro atoms. The van der Waals surface area contributed by atoms with Gasteiger partial charge in [-0.05, 0) is 24.6 Å². The molecule has 1 unspecified atom stereocenters. The van der Waals surface area contributed by atoms with Gasteiger partial charge in [0.15, 0.2) is 0 Å². The maximum atomic E-state index is 12.6. The molecule has 1 N–H and O–H groups in total. The van der Waals surface area contributed by atoms with E-state index < -0.39 is 16.1 Å². The molecule has 1 aromatic carbocycles. The van der Waals surface area contributed by atoms with Gasteiger partial charge in [-0.3, -0.25) is 0 Å². The van der Waals surface area contributed by atoms with Crippen LogP contribution in [0.4, 0.5) is 0 Å². The van der Waals surface area contributed by atoms with E-state index in [2.05, 4.69) is 0 Å². The molecule has 0 saturated heterocycles. The number of hydrogen-bond acceptors (Lipinski definition) is 5. The van der Waals surface area contributed by atoms with E-state index in [4.69, 9.17) is 9.47 Å². The molecule has 0 heterocycles. The zero-order valence-electron chi connectivity index (χ0n) is 12.7. The lowest BCUT2D eigenvalue weighted by molar-refractivity contribution is 0.150. The minimum atomic E-state index is -3.60. The standard InChI is InChI=1S/C14H23NO5S/c1-12(16)13-4-6-14(7-5-13)21(17,18)15(8-10-19-2)9-11-20-3/h4-7,12,16H,8-11H2,1-3H3. The van der Waals surface area contributed by atoms with Gasteiger partial charge in [-0.2, -0.15) is 4.31 Å². The van der Waals surface area contributed by atoms with Crippen LogP contribution in [-0.2, 0) is 19.5 Å². The van der Waals surface area contributed by atoms with E-state index in [1.165, 1.54) is 30.7 Å². The second-order valence-corrected chi connectivity index (χ2v) is 6.57. The molecule has 0 fully saturated rings. The third kappa shape index (κ3) is 5.05. The van der Waals surface area contributed by atoms with Gasteiger partial charge in [0.1, 0.15) is 0 Å². The Morgan fingerprint density at radius 2 is 1.57 bits per heavy atom. The summed E-state index contributed by atoms with van der Waals surface area (Å²) in [4.78, 5) is 0.194. The van der Waals surface area contributed by atoms with Gasteiger partial charge in [-0.1, -0.05) is 12.1 Å². The third-order valence-corrected chi connectivity index (χ3v) is 5.00. The van der Waals surface area contributed by atoms with Gasteiger partial charge in [-0.15, -0.1) is 0 Å². The largest absolute Gasteiger partial charge is 0.389 e. The van der Waals surface area contributed by atoms with Crippen molar-refractivity contribution in [3.63, 3.8) is 0 Å². The Kier molecular flexibility index (Phi) is 7.27. The minimum Gasteiger partial charge on any atom is -0.389 e. The first-order chi connectivity index (χ1) is 9.93. The van der Waals surface area contributed by atoms with E-state index in [1.54, 1.807) is 19.1 Å². The van der Waals surface area contributed by atoms with Crippen LogP contribution < -0.4 is 0 Å². The van der Waals surface area contributed by atoms with Gasteiger partial charge in [-0.25, -0.2) is 8.42 Å². The van der Waals surface area contributed by atoms with Crippen LogP contribution in [0.15, 0.2) is 29.2 Å². The van der Waals surface area contributed by atoms with Gasteiger partial charge in [0.2, 0.25) is 10.0 Å². The van der Waals surface area contributed by atoms with Crippen LogP contribution in [0, 0.1) is 0 Å². The predicted molar refractivity (Wildman–Crippen MR) is 79.6 cm³/mol. The van der Waals surface area contributed by atoms with Crippen molar-refractivity contribution in [3.8, 4) is 0 Å². The van der Waals surface area contributed by atoms with Crippen molar-refractivity contribution in [3.05, 3.63) is 29.8 Å². The summed E-state index contributed by atoms with van der Waals surface area (Å²) in [7, 11) is -0.544. The lowest BCUT2D eigenvalue weighted by Crippen LogP contribution is -2.36. The summed E-state index contributed by atoms with van der Waals surface area (Å²) in [5.41, 5.74) is 0.675. The quantitative estimate of drug-likeness (QED) is 0.736. The molecule has 0 aromatic heterocycles. The molecule has 21 heavy (non-hydrogen) atoms. The molecule has 0 amide bonds. The van der Waals surface area contributed by atoms with Crippen molar-refractivity contribution < 1.29 is 23.0 Å². The van der Waals surface area contributed by atoms with Crippen molar-refractivity contribution in [1.82, 2.24) is 4.31 Å². The van der Waals surface area contributed by atoms with Gasteiger partial charge < -0.3 is 14.6 Å². The van der Waals surface area contributed by atoms with Crippen molar-refractivity contribution in [2.45, 2.75) is 17.9 Å². The first-order valence-corrected chi connectivity index (χ1v) is 8.13. The zero-order chi connectivity index (χ0) is 15.9. The summed E-state index contributed by atoms with van der Waals surface area (Å²) in [5, 5.41) is 9.47. The number of nitrogens with zero attached hydrogens (tertiary/aromatic N) is 1. The van der Waals surface area contributed by atoms with E-state index in [0.29, 0.717) is 18.8 Å². The van der Waals surface area contributed by atoms with Crippen molar-refractivity contribution in [2.24, 2.45) is 0 Å². The molecule has 6 nitrogen and oxygen atoms in total. The molecule has 1 rings (SSSR count). The van der Waals surface area contributed by atoms with Crippen LogP contribution in [0.25, 0.3) is 0 Å². The number of rotatable bonds is 9. The smallest absolute Gasteiger partial charge is 0.243 e. The average Bonchev–Trinajstić information content (AvgIpc) is 2.47. The number of aliphatic hydroxyl groups is 1. The molecule has 1 atom stereocenters. The van der Waals surface area contributed by atoms with Crippen LogP contribution in [0.5, 0.6) is 0 Å². The molecule has 0 aliphatic carbocycles. The molecule has 0 radical (unpaired) electrons. The van der Waals surface area contributed by atoms with Gasteiger partial charge >= 0.3 is 0 Å². The van der Waals surface area contributed by atoms with E-state index in [9.17, 15) is 13.5 Å². The Balaban J connectivity index is 2.97. The summed E-state index contributed by atoms with van der Waals surface area (Å²) in [6.45, 7) is 2.79. The first-order valence-electron chi connectivity index (χ1n) is 6.69. The predicted octanol–water partition coefficient (Wildman–Crippen LogP) is 1.02. The van der Waals surface area contributed by atoms with Crippen LogP contribution in [-0.4, -0.2) is 58.4 Å². The average molecular weight is 317 g/mol. The minimum absolute atomic E-state index is 0.194. The lowest BCUT2D eigenvalue weighted by Gasteiger charge is -2.21. The fourth-order valence-corrected chi connectivity index (χ4v) is 3.21. The fraction of sp³-hybridized carbons (Fsp3) is 0.571. The summed E-state index contributed by atoms with van der Waals surface area (Å²) >= 11 is 0. The van der Waals surface area contributed by atoms with Crippen LogP contribution in [0.3, 0.4) is 0 Å². The van der Waals surface area contributed by atoms with Gasteiger partial charge in [0.25, 0.3) is 0 Å². The maximum Gasteiger partial charge on any atom is 0.243 e. The maximum absolute atomic E-state index is 12.6. The fourth-order valence-electron chi connectivity index (χ4n) is 1.81. The molecule has 0 aliphatic heterocycles. The number of aliphatic hydroxyl groups excluding tert-OH is 1. The number of hydrogen-bond donors (Lipinski definition) is 1. The highest BCUT2D eigenvalue weighted by Crippen LogP contribution is 2.19. The highest BCUT2D eigenvalue weighted by molar-refractivity contribution is 7.89. The highest BCUT2D eigenvalue weighted by Gasteiger charge is 2.24. The number of ether oxygens (including phenoxy) is 2.